The van der Waals surface area contributed by atoms with Gasteiger partial charge in [-0.1, -0.05) is 31.8 Å². The number of anilines is 1. The lowest BCUT2D eigenvalue weighted by atomic mass is 9.98. The van der Waals surface area contributed by atoms with E-state index >= 15 is 0 Å². The molecule has 0 spiro atoms. The smallest absolute Gasteiger partial charge is 0.413 e. The van der Waals surface area contributed by atoms with Gasteiger partial charge in [-0.15, -0.1) is 23.1 Å². The first kappa shape index (κ1) is 33.5. The number of esters is 2. The molecule has 0 radical (unpaired) electrons. The van der Waals surface area contributed by atoms with Gasteiger partial charge in [0.05, 0.1) is 16.7 Å². The van der Waals surface area contributed by atoms with E-state index in [9.17, 15) is 24.0 Å². The number of nitrogens with zero attached hydrogens (tertiary/aromatic N) is 2. The predicted molar refractivity (Wildman–Crippen MR) is 166 cm³/mol. The average Bonchev–Trinajstić information content (AvgIpc) is 3.62. The van der Waals surface area contributed by atoms with Crippen molar-refractivity contribution in [3.63, 3.8) is 0 Å². The summed E-state index contributed by atoms with van der Waals surface area (Å²) < 4.78 is 15.4. The van der Waals surface area contributed by atoms with E-state index in [1.807, 2.05) is 6.08 Å². The number of carbonyl (C=O) groups is 5. The van der Waals surface area contributed by atoms with Gasteiger partial charge in [-0.05, 0) is 60.0 Å². The van der Waals surface area contributed by atoms with E-state index in [2.05, 4.69) is 15.6 Å². The predicted octanol–water partition coefficient (Wildman–Crippen LogP) is 4.83. The van der Waals surface area contributed by atoms with Crippen LogP contribution in [-0.2, 0) is 33.4 Å². The highest BCUT2D eigenvalue weighted by Crippen LogP contribution is 2.38. The molecule has 0 bridgehead atoms. The van der Waals surface area contributed by atoms with Gasteiger partial charge in [-0.2, -0.15) is 0 Å². The fourth-order valence-corrected chi connectivity index (χ4v) is 6.76. The first-order valence-electron chi connectivity index (χ1n) is 14.6. The Labute approximate surface area is 265 Å². The van der Waals surface area contributed by atoms with Crippen molar-refractivity contribution in [2.45, 2.75) is 90.7 Å². The number of β-lactam (4-membered cyclic amide) rings is 1. The van der Waals surface area contributed by atoms with Crippen molar-refractivity contribution in [2.75, 3.05) is 17.9 Å². The second-order valence-electron chi connectivity index (χ2n) is 12.9. The first-order valence-corrected chi connectivity index (χ1v) is 16.5. The highest BCUT2D eigenvalue weighted by atomic mass is 32.2. The number of hydrogen-bond acceptors (Lipinski definition) is 11. The van der Waals surface area contributed by atoms with Crippen LogP contribution in [0.1, 0.15) is 79.3 Å². The van der Waals surface area contributed by atoms with Crippen LogP contribution in [0.4, 0.5) is 9.93 Å². The molecule has 1 aromatic rings. The molecule has 2 N–H and O–H groups in total. The maximum Gasteiger partial charge on any atom is 0.413 e. The molecule has 3 amide bonds. The fourth-order valence-electron chi connectivity index (χ4n) is 4.87. The van der Waals surface area contributed by atoms with Crippen molar-refractivity contribution in [3.8, 4) is 0 Å². The summed E-state index contributed by atoms with van der Waals surface area (Å²) in [5, 5.41) is 6.90. The molecule has 12 nitrogen and oxygen atoms in total. The molecular formula is C30H40N4O8S2. The van der Waals surface area contributed by atoms with Crippen LogP contribution in [0.2, 0.25) is 0 Å². The highest BCUT2D eigenvalue weighted by Gasteiger charge is 2.53. The highest BCUT2D eigenvalue weighted by molar-refractivity contribution is 8.00. The second kappa shape index (κ2) is 13.7. The summed E-state index contributed by atoms with van der Waals surface area (Å²) >= 11 is 2.57. The van der Waals surface area contributed by atoms with Crippen LogP contribution in [0.15, 0.2) is 23.2 Å². The van der Waals surface area contributed by atoms with Crippen LogP contribution in [-0.4, -0.2) is 69.3 Å². The fraction of sp³-hybridized carbons (Fsp3) is 0.600. The quantitative estimate of drug-likeness (QED) is 0.165. The summed E-state index contributed by atoms with van der Waals surface area (Å²) in [5.74, 6) is -1.35. The van der Waals surface area contributed by atoms with Gasteiger partial charge in [0.25, 0.3) is 11.8 Å². The zero-order valence-electron chi connectivity index (χ0n) is 25.9. The Hall–Kier alpha value is -3.39. The normalized spacial score (nSPS) is 20.7. The maximum absolute atomic E-state index is 13.6. The Morgan fingerprint density at radius 1 is 1.09 bits per heavy atom. The molecule has 4 rings (SSSR count). The molecule has 2 aliphatic heterocycles. The number of carbonyl (C=O) groups excluding carboxylic acids is 5. The minimum absolute atomic E-state index is 0.0467. The van der Waals surface area contributed by atoms with Crippen LogP contribution in [0, 0.1) is 11.3 Å². The molecule has 1 saturated carbocycles. The Morgan fingerprint density at radius 2 is 1.80 bits per heavy atom. The Balaban J connectivity index is 1.42. The summed E-state index contributed by atoms with van der Waals surface area (Å²) in [5.41, 5.74) is -0.693. The van der Waals surface area contributed by atoms with Crippen LogP contribution in [0.3, 0.4) is 0 Å². The van der Waals surface area contributed by atoms with Crippen LogP contribution in [0.25, 0.3) is 5.57 Å². The summed E-state index contributed by atoms with van der Waals surface area (Å²) in [6, 6.07) is -0.865. The Bertz CT molecular complexity index is 1350. The van der Waals surface area contributed by atoms with Gasteiger partial charge in [0.15, 0.2) is 5.13 Å². The zero-order valence-corrected chi connectivity index (χ0v) is 27.5. The van der Waals surface area contributed by atoms with Crippen molar-refractivity contribution in [2.24, 2.45) is 11.3 Å². The topological polar surface area (TPSA) is 153 Å². The number of nitrogens with one attached hydrogen (secondary N) is 2. The number of thiazole rings is 1. The third-order valence-corrected chi connectivity index (χ3v) is 9.04. The Kier molecular flexibility index (Phi) is 10.4. The molecule has 2 unspecified atom stereocenters. The molecule has 1 saturated heterocycles. The minimum Gasteiger partial charge on any atom is -0.444 e. The number of ether oxygens (including phenoxy) is 3. The molecule has 1 aliphatic carbocycles. The van der Waals surface area contributed by atoms with Gasteiger partial charge >= 0.3 is 18.0 Å². The monoisotopic (exact) mass is 648 g/mol. The standard InChI is InChI=1S/C30H40N4O8S2/c1-29(2,3)26(38)41-16-40-25(37)20-13-14-43-24-21(23(36)34(20)24)32-22(35)18(12-11-17-9-7-8-10-17)19-15-44-27(31-19)33-28(39)42-30(4,5)6/h12-13,15,17,21,24H,7-11,14,16H2,1-6H3,(H,32,35)(H,31,33,39)/b18-12-. The molecular weight excluding hydrogens is 608 g/mol. The molecule has 3 aliphatic rings. The van der Waals surface area contributed by atoms with Gasteiger partial charge in [0, 0.05) is 11.1 Å². The van der Waals surface area contributed by atoms with Crippen molar-refractivity contribution in [3.05, 3.63) is 28.9 Å². The van der Waals surface area contributed by atoms with E-state index in [1.165, 1.54) is 16.7 Å². The number of rotatable bonds is 9. The van der Waals surface area contributed by atoms with Gasteiger partial charge in [0.2, 0.25) is 6.79 Å². The van der Waals surface area contributed by atoms with Gasteiger partial charge in [-0.3, -0.25) is 24.6 Å². The molecule has 14 heteroatoms. The average molecular weight is 649 g/mol. The van der Waals surface area contributed by atoms with Crippen molar-refractivity contribution < 1.29 is 38.2 Å². The van der Waals surface area contributed by atoms with Crippen molar-refractivity contribution >= 4 is 63.6 Å². The maximum atomic E-state index is 13.6. The second-order valence-corrected chi connectivity index (χ2v) is 14.9. The summed E-state index contributed by atoms with van der Waals surface area (Å²) in [6.45, 7) is 9.74. The zero-order chi connectivity index (χ0) is 32.2. The number of hydrogen-bond donors (Lipinski definition) is 2. The minimum atomic E-state index is -0.865. The number of amides is 3. The molecule has 3 heterocycles. The lowest BCUT2D eigenvalue weighted by Crippen LogP contribution is -2.70. The van der Waals surface area contributed by atoms with Gasteiger partial charge < -0.3 is 19.5 Å². The Morgan fingerprint density at radius 3 is 2.45 bits per heavy atom. The first-order chi connectivity index (χ1) is 20.6. The molecule has 240 valence electrons. The van der Waals surface area contributed by atoms with Crippen LogP contribution >= 0.6 is 23.1 Å². The molecule has 2 atom stereocenters. The summed E-state index contributed by atoms with van der Waals surface area (Å²) in [7, 11) is 0. The third kappa shape index (κ3) is 8.40. The SMILES string of the molecule is CC(C)(C)OC(=O)Nc1nc(/C(=C/CC2CCCC2)C(=O)NC2C(=O)N3C(C(=O)OCOC(=O)C(C)(C)C)=CCSC23)cs1. The number of fused-ring (bicyclic) bond motifs is 1. The van der Waals surface area contributed by atoms with E-state index < -0.39 is 59.1 Å². The van der Waals surface area contributed by atoms with Crippen molar-refractivity contribution in [1.82, 2.24) is 15.2 Å². The van der Waals surface area contributed by atoms with Gasteiger partial charge in [-0.25, -0.2) is 14.6 Å². The van der Waals surface area contributed by atoms with Crippen LogP contribution in [0.5, 0.6) is 0 Å². The van der Waals surface area contributed by atoms with Crippen LogP contribution < -0.4 is 10.6 Å². The van der Waals surface area contributed by atoms with Gasteiger partial charge in [0.1, 0.15) is 22.7 Å². The lowest BCUT2D eigenvalue weighted by Gasteiger charge is -2.48. The van der Waals surface area contributed by atoms with E-state index in [-0.39, 0.29) is 10.8 Å². The molecule has 0 aromatic carbocycles. The van der Waals surface area contributed by atoms with E-state index in [4.69, 9.17) is 14.2 Å². The largest absolute Gasteiger partial charge is 0.444 e. The molecule has 2 fully saturated rings. The number of aromatic nitrogens is 1. The van der Waals surface area contributed by atoms with E-state index in [0.717, 1.165) is 37.0 Å². The molecule has 44 heavy (non-hydrogen) atoms. The van der Waals surface area contributed by atoms with E-state index in [0.29, 0.717) is 29.4 Å². The third-order valence-electron chi connectivity index (χ3n) is 7.10. The number of allylic oxidation sites excluding steroid dienone is 1. The number of thioether (sulfide) groups is 1. The molecule has 1 aromatic heterocycles. The van der Waals surface area contributed by atoms with Crippen molar-refractivity contribution in [1.29, 1.82) is 0 Å². The summed E-state index contributed by atoms with van der Waals surface area (Å²) in [4.78, 5) is 69.5. The summed E-state index contributed by atoms with van der Waals surface area (Å²) in [6.07, 6.45) is 7.96. The lowest BCUT2D eigenvalue weighted by molar-refractivity contribution is -0.173. The van der Waals surface area contributed by atoms with E-state index in [1.54, 1.807) is 53.0 Å².